The van der Waals surface area contributed by atoms with Crippen molar-refractivity contribution in [2.75, 3.05) is 35.4 Å². The first-order chi connectivity index (χ1) is 14.8. The van der Waals surface area contributed by atoms with Crippen LogP contribution in [0, 0.1) is 0 Å². The van der Waals surface area contributed by atoms with Gasteiger partial charge in [-0.05, 0) is 26.0 Å². The van der Waals surface area contributed by atoms with Crippen LogP contribution in [0.5, 0.6) is 11.5 Å². The average Bonchev–Trinajstić information content (AvgIpc) is 2.71. The van der Waals surface area contributed by atoms with Crippen LogP contribution in [0.25, 0.3) is 0 Å². The molecule has 31 heavy (non-hydrogen) atoms. The van der Waals surface area contributed by atoms with Gasteiger partial charge in [-0.1, -0.05) is 24.3 Å². The van der Waals surface area contributed by atoms with Crippen molar-refractivity contribution in [1.29, 1.82) is 0 Å². The number of hydrogen-bond donors (Lipinski definition) is 2. The molecule has 9 heteroatoms. The van der Waals surface area contributed by atoms with Gasteiger partial charge in [0.25, 0.3) is 5.91 Å². The molecule has 166 valence electrons. The molecular formula is C22H26N2O6S. The fourth-order valence-electron chi connectivity index (χ4n) is 2.71. The van der Waals surface area contributed by atoms with Crippen molar-refractivity contribution in [3.05, 3.63) is 60.7 Å². The van der Waals surface area contributed by atoms with Crippen molar-refractivity contribution in [3.63, 3.8) is 0 Å². The van der Waals surface area contributed by atoms with E-state index in [9.17, 15) is 18.0 Å². The van der Waals surface area contributed by atoms with Crippen molar-refractivity contribution in [3.8, 4) is 11.5 Å². The molecular weight excluding hydrogens is 420 g/mol. The maximum absolute atomic E-state index is 12.6. The van der Waals surface area contributed by atoms with Crippen LogP contribution in [-0.4, -0.2) is 45.0 Å². The molecule has 2 rings (SSSR count). The molecule has 0 unspecified atom stereocenters. The summed E-state index contributed by atoms with van der Waals surface area (Å²) in [7, 11) is -3.61. The van der Waals surface area contributed by atoms with E-state index in [0.29, 0.717) is 23.6 Å². The van der Waals surface area contributed by atoms with E-state index in [0.717, 1.165) is 0 Å². The van der Waals surface area contributed by atoms with E-state index in [4.69, 9.17) is 9.47 Å². The Balaban J connectivity index is 2.34. The lowest BCUT2D eigenvalue weighted by Crippen LogP contribution is -2.24. The highest BCUT2D eigenvalue weighted by atomic mass is 32.2. The summed E-state index contributed by atoms with van der Waals surface area (Å²) in [5.41, 5.74) is 1.06. The summed E-state index contributed by atoms with van der Waals surface area (Å²) in [6.07, 6.45) is 1.23. The summed E-state index contributed by atoms with van der Waals surface area (Å²) in [6, 6.07) is 11.7. The second-order valence-electron chi connectivity index (χ2n) is 6.42. The zero-order valence-electron chi connectivity index (χ0n) is 17.5. The van der Waals surface area contributed by atoms with Gasteiger partial charge >= 0.3 is 0 Å². The van der Waals surface area contributed by atoms with Gasteiger partial charge in [0.05, 0.1) is 30.3 Å². The van der Waals surface area contributed by atoms with E-state index in [-0.39, 0.29) is 29.7 Å². The van der Waals surface area contributed by atoms with Crippen LogP contribution in [0.2, 0.25) is 0 Å². The Morgan fingerprint density at radius 2 is 1.52 bits per heavy atom. The molecule has 8 nitrogen and oxygen atoms in total. The van der Waals surface area contributed by atoms with E-state index in [2.05, 4.69) is 17.2 Å². The SMILES string of the molecule is C=CCS(=O)(=O)CC(=O)Nc1cc(OCC)c(NC(=O)c2ccccc2)cc1OCC. The number of sulfone groups is 1. The molecule has 2 aromatic carbocycles. The predicted octanol–water partition coefficient (Wildman–Crippen LogP) is 3.28. The first-order valence-corrected chi connectivity index (χ1v) is 11.5. The maximum Gasteiger partial charge on any atom is 0.255 e. The van der Waals surface area contributed by atoms with E-state index in [1.807, 2.05) is 6.07 Å². The number of benzene rings is 2. The second kappa shape index (κ2) is 11.2. The zero-order chi connectivity index (χ0) is 22.9. The van der Waals surface area contributed by atoms with Gasteiger partial charge in [-0.25, -0.2) is 8.42 Å². The summed E-state index contributed by atoms with van der Waals surface area (Å²) in [5.74, 6) is -1.47. The fourth-order valence-corrected chi connectivity index (χ4v) is 3.66. The topological polar surface area (TPSA) is 111 Å². The van der Waals surface area contributed by atoms with Crippen LogP contribution >= 0.6 is 0 Å². The van der Waals surface area contributed by atoms with Gasteiger partial charge in [0.15, 0.2) is 9.84 Å². The van der Waals surface area contributed by atoms with Crippen LogP contribution in [-0.2, 0) is 14.6 Å². The molecule has 0 spiro atoms. The van der Waals surface area contributed by atoms with E-state index in [1.54, 1.807) is 38.1 Å². The Morgan fingerprint density at radius 1 is 0.968 bits per heavy atom. The molecule has 2 amide bonds. The molecule has 0 bridgehead atoms. The Labute approximate surface area is 182 Å². The molecule has 0 aromatic heterocycles. The molecule has 0 aliphatic carbocycles. The van der Waals surface area contributed by atoms with Crippen molar-refractivity contribution in [1.82, 2.24) is 0 Å². The Hall–Kier alpha value is -3.33. The number of carbonyl (C=O) groups excluding carboxylic acids is 2. The standard InChI is InChI=1S/C22H26N2O6S/c1-4-12-31(27,28)15-21(25)23-17-13-20(30-6-3)18(14-19(17)29-5-2)24-22(26)16-10-8-7-9-11-16/h4,7-11,13-14H,1,5-6,12,15H2,2-3H3,(H,23,25)(H,24,26). The predicted molar refractivity (Wildman–Crippen MR) is 121 cm³/mol. The minimum atomic E-state index is -3.61. The van der Waals surface area contributed by atoms with Crippen LogP contribution in [0.15, 0.2) is 55.1 Å². The minimum absolute atomic E-state index is 0.238. The van der Waals surface area contributed by atoms with Crippen molar-refractivity contribution in [2.45, 2.75) is 13.8 Å². The fraction of sp³-hybridized carbons (Fsp3) is 0.273. The number of ether oxygens (including phenoxy) is 2. The molecule has 2 aromatic rings. The third-order valence-electron chi connectivity index (χ3n) is 3.96. The smallest absolute Gasteiger partial charge is 0.255 e. The van der Waals surface area contributed by atoms with Gasteiger partial charge in [0.2, 0.25) is 5.91 Å². The molecule has 0 fully saturated rings. The van der Waals surface area contributed by atoms with E-state index in [1.165, 1.54) is 18.2 Å². The second-order valence-corrected chi connectivity index (χ2v) is 8.53. The lowest BCUT2D eigenvalue weighted by molar-refractivity contribution is -0.113. The summed E-state index contributed by atoms with van der Waals surface area (Å²) >= 11 is 0. The molecule has 0 aliphatic rings. The lowest BCUT2D eigenvalue weighted by atomic mass is 10.2. The Morgan fingerprint density at radius 3 is 2.03 bits per heavy atom. The van der Waals surface area contributed by atoms with Crippen molar-refractivity contribution >= 4 is 33.0 Å². The highest BCUT2D eigenvalue weighted by Crippen LogP contribution is 2.37. The number of anilines is 2. The van der Waals surface area contributed by atoms with Gasteiger partial charge in [0.1, 0.15) is 17.3 Å². The van der Waals surface area contributed by atoms with E-state index >= 15 is 0 Å². The highest BCUT2D eigenvalue weighted by molar-refractivity contribution is 7.92. The average molecular weight is 447 g/mol. The molecule has 0 aliphatic heterocycles. The Kier molecular flexibility index (Phi) is 8.63. The van der Waals surface area contributed by atoms with Crippen LogP contribution in [0.4, 0.5) is 11.4 Å². The van der Waals surface area contributed by atoms with Crippen molar-refractivity contribution in [2.24, 2.45) is 0 Å². The quantitative estimate of drug-likeness (QED) is 0.513. The van der Waals surface area contributed by atoms with Gasteiger partial charge in [-0.2, -0.15) is 0 Å². The number of rotatable bonds is 11. The van der Waals surface area contributed by atoms with E-state index < -0.39 is 21.5 Å². The summed E-state index contributed by atoms with van der Waals surface area (Å²) in [5, 5.41) is 5.33. The van der Waals surface area contributed by atoms with Crippen molar-refractivity contribution < 1.29 is 27.5 Å². The number of nitrogens with one attached hydrogen (secondary N) is 2. The van der Waals surface area contributed by atoms with Crippen LogP contribution < -0.4 is 20.1 Å². The zero-order valence-corrected chi connectivity index (χ0v) is 18.3. The third kappa shape index (κ3) is 7.14. The first kappa shape index (κ1) is 23.9. The molecule has 0 radical (unpaired) electrons. The molecule has 0 saturated heterocycles. The van der Waals surface area contributed by atoms with Gasteiger partial charge in [0, 0.05) is 17.7 Å². The largest absolute Gasteiger partial charge is 0.492 e. The van der Waals surface area contributed by atoms with Gasteiger partial charge in [-0.3, -0.25) is 9.59 Å². The summed E-state index contributed by atoms with van der Waals surface area (Å²) < 4.78 is 35.0. The minimum Gasteiger partial charge on any atom is -0.492 e. The van der Waals surface area contributed by atoms with Gasteiger partial charge in [-0.15, -0.1) is 6.58 Å². The Bertz CT molecular complexity index is 1040. The number of hydrogen-bond acceptors (Lipinski definition) is 6. The molecule has 0 atom stereocenters. The van der Waals surface area contributed by atoms with Gasteiger partial charge < -0.3 is 20.1 Å². The summed E-state index contributed by atoms with van der Waals surface area (Å²) in [6.45, 7) is 7.52. The first-order valence-electron chi connectivity index (χ1n) is 9.70. The van der Waals surface area contributed by atoms with Crippen LogP contribution in [0.1, 0.15) is 24.2 Å². The number of amides is 2. The monoisotopic (exact) mass is 446 g/mol. The molecule has 0 saturated carbocycles. The maximum atomic E-state index is 12.6. The van der Waals surface area contributed by atoms with Crippen LogP contribution in [0.3, 0.4) is 0 Å². The normalized spacial score (nSPS) is 10.8. The highest BCUT2D eigenvalue weighted by Gasteiger charge is 2.20. The summed E-state index contributed by atoms with van der Waals surface area (Å²) in [4.78, 5) is 24.9. The molecule has 0 heterocycles. The molecule has 2 N–H and O–H groups in total. The number of carbonyl (C=O) groups is 2. The lowest BCUT2D eigenvalue weighted by Gasteiger charge is -2.18. The third-order valence-corrected chi connectivity index (χ3v) is 5.41.